The molecule has 0 spiro atoms. The van der Waals surface area contributed by atoms with Gasteiger partial charge in [0.15, 0.2) is 5.82 Å². The number of likely N-dealkylation sites (tertiary alicyclic amines) is 1. The second-order valence-corrected chi connectivity index (χ2v) is 10.6. The van der Waals surface area contributed by atoms with Gasteiger partial charge in [0.05, 0.1) is 36.8 Å². The normalized spacial score (nSPS) is 19.6. The standard InChI is InChI=1S/C21H22F2N6O3.C7H14.CH4O/c1-13-9-28(6-7-31-13)21-25-17(8-18(26-21)32-14-10-27(11-14)12-30)29-16-5-3-2-4-15(16)24-20(29)19(22)23;1-7-5-3-2-4-6-7;1-2/h2-5,8,12-14,19H,6-7,9-11H2,1H3;7H,2-6H2,1H3;2H,1H3. The molecule has 1 atom stereocenters. The van der Waals surface area contributed by atoms with E-state index in [0.29, 0.717) is 49.8 Å². The van der Waals surface area contributed by atoms with Gasteiger partial charge in [0, 0.05) is 26.3 Å². The van der Waals surface area contributed by atoms with Crippen LogP contribution in [-0.4, -0.2) is 88.0 Å². The zero-order valence-electron chi connectivity index (χ0n) is 24.0. The van der Waals surface area contributed by atoms with E-state index in [4.69, 9.17) is 14.6 Å². The Bertz CT molecular complexity index is 1260. The number of hydrogen-bond donors (Lipinski definition) is 1. The van der Waals surface area contributed by atoms with Gasteiger partial charge in [0.25, 0.3) is 6.43 Å². The average Bonchev–Trinajstić information content (AvgIpc) is 3.37. The molecule has 1 amide bonds. The number of aliphatic hydroxyl groups is 1. The van der Waals surface area contributed by atoms with Gasteiger partial charge in [0.2, 0.25) is 18.2 Å². The third kappa shape index (κ3) is 7.68. The molecule has 4 heterocycles. The molecule has 0 bridgehead atoms. The number of fused-ring (bicyclic) bond motifs is 1. The van der Waals surface area contributed by atoms with Gasteiger partial charge in [0.1, 0.15) is 11.9 Å². The second kappa shape index (κ2) is 14.5. The summed E-state index contributed by atoms with van der Waals surface area (Å²) in [6.45, 7) is 6.86. The topological polar surface area (TPSA) is 106 Å². The molecule has 10 nitrogen and oxygen atoms in total. The molecular weight excluding hydrogens is 534 g/mol. The highest BCUT2D eigenvalue weighted by Gasteiger charge is 2.29. The van der Waals surface area contributed by atoms with Gasteiger partial charge in [-0.15, -0.1) is 0 Å². The second-order valence-electron chi connectivity index (χ2n) is 10.6. The van der Waals surface area contributed by atoms with Crippen LogP contribution < -0.4 is 9.64 Å². The molecule has 12 heteroatoms. The first-order chi connectivity index (χ1) is 19.9. The molecule has 6 rings (SSSR count). The fourth-order valence-corrected chi connectivity index (χ4v) is 5.26. The molecule has 1 unspecified atom stereocenters. The number of rotatable bonds is 6. The minimum atomic E-state index is -2.79. The van der Waals surface area contributed by atoms with Crippen LogP contribution in [0.5, 0.6) is 5.88 Å². The monoisotopic (exact) mass is 574 g/mol. The lowest BCUT2D eigenvalue weighted by Crippen LogP contribution is -2.52. The zero-order valence-corrected chi connectivity index (χ0v) is 24.0. The number of ether oxygens (including phenoxy) is 2. The number of amides is 1. The van der Waals surface area contributed by atoms with Crippen molar-refractivity contribution in [3.63, 3.8) is 0 Å². The van der Waals surface area contributed by atoms with Gasteiger partial charge in [-0.25, -0.2) is 13.8 Å². The predicted octanol–water partition coefficient (Wildman–Crippen LogP) is 4.39. The first-order valence-corrected chi connectivity index (χ1v) is 14.2. The Labute approximate surface area is 239 Å². The van der Waals surface area contributed by atoms with Gasteiger partial charge in [-0.05, 0) is 25.0 Å². The molecule has 224 valence electrons. The molecule has 1 saturated carbocycles. The van der Waals surface area contributed by atoms with E-state index in [0.717, 1.165) is 19.4 Å². The summed E-state index contributed by atoms with van der Waals surface area (Å²) in [4.78, 5) is 27.6. The summed E-state index contributed by atoms with van der Waals surface area (Å²) in [5.74, 6) is 1.52. The molecule has 3 aliphatic rings. The minimum absolute atomic E-state index is 0.0149. The third-order valence-corrected chi connectivity index (χ3v) is 7.42. The number of carbonyl (C=O) groups excluding carboxylic acids is 1. The van der Waals surface area contributed by atoms with E-state index in [1.807, 2.05) is 11.8 Å². The Morgan fingerprint density at radius 1 is 1.05 bits per heavy atom. The van der Waals surface area contributed by atoms with Crippen LogP contribution in [0.15, 0.2) is 30.3 Å². The summed E-state index contributed by atoms with van der Waals surface area (Å²) in [6, 6.07) is 8.46. The SMILES string of the molecule is CC1CCCCC1.CC1CN(c2nc(OC3CN(C=O)C3)cc(-n3c(C(F)F)nc4ccccc43)n2)CCO1.CO. The first kappa shape index (κ1) is 30.6. The van der Waals surface area contributed by atoms with Crippen molar-refractivity contribution < 1.29 is 28.2 Å². The maximum Gasteiger partial charge on any atom is 0.296 e. The number of aliphatic hydroxyl groups excluding tert-OH is 1. The molecule has 3 aromatic rings. The van der Waals surface area contributed by atoms with Crippen molar-refractivity contribution in [3.05, 3.63) is 36.2 Å². The van der Waals surface area contributed by atoms with Crippen molar-refractivity contribution in [1.29, 1.82) is 0 Å². The quantitative estimate of drug-likeness (QED) is 0.432. The van der Waals surface area contributed by atoms with Crippen LogP contribution in [0.3, 0.4) is 0 Å². The summed E-state index contributed by atoms with van der Waals surface area (Å²) < 4.78 is 40.7. The molecule has 0 radical (unpaired) electrons. The predicted molar refractivity (Wildman–Crippen MR) is 152 cm³/mol. The number of para-hydroxylation sites is 2. The van der Waals surface area contributed by atoms with Crippen LogP contribution in [0, 0.1) is 5.92 Å². The maximum absolute atomic E-state index is 13.9. The highest BCUT2D eigenvalue weighted by atomic mass is 19.3. The number of nitrogens with zero attached hydrogens (tertiary/aromatic N) is 6. The fraction of sp³-hybridized carbons (Fsp3) is 0.586. The average molecular weight is 575 g/mol. The number of imidazole rings is 1. The highest BCUT2D eigenvalue weighted by Crippen LogP contribution is 2.30. The van der Waals surface area contributed by atoms with Crippen LogP contribution >= 0.6 is 0 Å². The Hall–Kier alpha value is -3.38. The van der Waals surface area contributed by atoms with Crippen LogP contribution in [-0.2, 0) is 9.53 Å². The molecule has 2 aliphatic heterocycles. The van der Waals surface area contributed by atoms with Crippen LogP contribution in [0.4, 0.5) is 14.7 Å². The Morgan fingerprint density at radius 2 is 1.78 bits per heavy atom. The van der Waals surface area contributed by atoms with E-state index in [-0.39, 0.29) is 23.9 Å². The van der Waals surface area contributed by atoms with Gasteiger partial charge in [-0.1, -0.05) is 51.2 Å². The van der Waals surface area contributed by atoms with Gasteiger partial charge in [-0.3, -0.25) is 9.36 Å². The lowest BCUT2D eigenvalue weighted by molar-refractivity contribution is -0.126. The lowest BCUT2D eigenvalue weighted by atomic mass is 9.91. The van der Waals surface area contributed by atoms with Gasteiger partial charge in [-0.2, -0.15) is 9.97 Å². The van der Waals surface area contributed by atoms with Crippen molar-refractivity contribution in [3.8, 4) is 11.7 Å². The summed E-state index contributed by atoms with van der Waals surface area (Å²) >= 11 is 0. The number of alkyl halides is 2. The van der Waals surface area contributed by atoms with Crippen molar-refractivity contribution in [2.45, 2.75) is 64.6 Å². The smallest absolute Gasteiger partial charge is 0.296 e. The first-order valence-electron chi connectivity index (χ1n) is 14.2. The van der Waals surface area contributed by atoms with Crippen molar-refractivity contribution >= 4 is 23.4 Å². The molecule has 3 fully saturated rings. The maximum atomic E-state index is 13.9. The lowest BCUT2D eigenvalue weighted by Gasteiger charge is -2.36. The van der Waals surface area contributed by atoms with Crippen molar-refractivity contribution in [2.24, 2.45) is 5.92 Å². The van der Waals surface area contributed by atoms with E-state index < -0.39 is 12.2 Å². The number of anilines is 1. The highest BCUT2D eigenvalue weighted by molar-refractivity contribution is 5.78. The van der Waals surface area contributed by atoms with Crippen molar-refractivity contribution in [1.82, 2.24) is 24.4 Å². The van der Waals surface area contributed by atoms with Crippen LogP contribution in [0.1, 0.15) is 58.2 Å². The molecule has 1 aromatic carbocycles. The number of hydrogen-bond acceptors (Lipinski definition) is 8. The number of morpholine rings is 1. The van der Waals surface area contributed by atoms with Gasteiger partial charge < -0.3 is 24.4 Å². The molecule has 41 heavy (non-hydrogen) atoms. The fourth-order valence-electron chi connectivity index (χ4n) is 5.26. The third-order valence-electron chi connectivity index (χ3n) is 7.42. The number of aromatic nitrogens is 4. The molecular formula is C29H40F2N6O4. The largest absolute Gasteiger partial charge is 0.470 e. The summed E-state index contributed by atoms with van der Waals surface area (Å²) in [6.07, 6.45) is 5.18. The van der Waals surface area contributed by atoms with Crippen molar-refractivity contribution in [2.75, 3.05) is 44.8 Å². The molecule has 2 saturated heterocycles. The molecule has 2 aromatic heterocycles. The summed E-state index contributed by atoms with van der Waals surface area (Å²) in [5.41, 5.74) is 0.968. The van der Waals surface area contributed by atoms with Crippen LogP contribution in [0.25, 0.3) is 16.9 Å². The molecule has 1 aliphatic carbocycles. The zero-order chi connectivity index (χ0) is 29.4. The minimum Gasteiger partial charge on any atom is -0.470 e. The summed E-state index contributed by atoms with van der Waals surface area (Å²) in [5, 5.41) is 7.00. The van der Waals surface area contributed by atoms with E-state index in [2.05, 4.69) is 21.9 Å². The number of carbonyl (C=O) groups is 1. The Kier molecular flexibility index (Phi) is 10.8. The molecule has 1 N–H and O–H groups in total. The number of halogens is 2. The number of benzene rings is 1. The Morgan fingerprint density at radius 3 is 2.41 bits per heavy atom. The Balaban J connectivity index is 0.000000372. The van der Waals surface area contributed by atoms with E-state index in [1.165, 1.54) is 42.7 Å². The van der Waals surface area contributed by atoms with Crippen LogP contribution in [0.2, 0.25) is 0 Å². The van der Waals surface area contributed by atoms with E-state index >= 15 is 0 Å². The van der Waals surface area contributed by atoms with E-state index in [1.54, 1.807) is 29.2 Å². The summed E-state index contributed by atoms with van der Waals surface area (Å²) in [7, 11) is 1.00. The van der Waals surface area contributed by atoms with E-state index in [9.17, 15) is 13.6 Å². The van der Waals surface area contributed by atoms with Gasteiger partial charge >= 0.3 is 0 Å².